The molecule has 1 aromatic carbocycles. The van der Waals surface area contributed by atoms with Gasteiger partial charge in [-0.15, -0.1) is 0 Å². The Kier molecular flexibility index (Phi) is 4.76. The number of morpholine rings is 1. The van der Waals surface area contributed by atoms with Gasteiger partial charge in [0.05, 0.1) is 30.3 Å². The van der Waals surface area contributed by atoms with Crippen molar-refractivity contribution in [1.29, 1.82) is 0 Å². The lowest BCUT2D eigenvalue weighted by Gasteiger charge is -2.34. The summed E-state index contributed by atoms with van der Waals surface area (Å²) >= 11 is 0. The van der Waals surface area contributed by atoms with Crippen LogP contribution < -0.4 is 0 Å². The fourth-order valence-corrected chi connectivity index (χ4v) is 5.24. The molecule has 6 nitrogen and oxygen atoms in total. The summed E-state index contributed by atoms with van der Waals surface area (Å²) in [6.45, 7) is 6.80. The number of rotatable bonds is 4. The number of ether oxygens (including phenoxy) is 1. The van der Waals surface area contributed by atoms with Crippen molar-refractivity contribution in [2.45, 2.75) is 38.1 Å². The Bertz CT molecular complexity index is 815. The van der Waals surface area contributed by atoms with Crippen LogP contribution in [0.5, 0.6) is 0 Å². The number of hydrogen-bond acceptors (Lipinski definition) is 4. The molecule has 1 aliphatic heterocycles. The summed E-state index contributed by atoms with van der Waals surface area (Å²) in [6.07, 6.45) is 0.726. The Labute approximate surface area is 143 Å². The van der Waals surface area contributed by atoms with Gasteiger partial charge in [-0.2, -0.15) is 9.40 Å². The molecule has 1 aromatic heterocycles. The van der Waals surface area contributed by atoms with Crippen LogP contribution in [0.1, 0.15) is 24.7 Å². The third-order valence-electron chi connectivity index (χ3n) is 4.44. The van der Waals surface area contributed by atoms with Crippen molar-refractivity contribution in [1.82, 2.24) is 14.1 Å². The summed E-state index contributed by atoms with van der Waals surface area (Å²) in [5, 5.41) is 4.47. The first kappa shape index (κ1) is 17.1. The van der Waals surface area contributed by atoms with Crippen LogP contribution in [0.15, 0.2) is 35.2 Å². The number of aryl methyl sites for hydroxylation is 1. The standard InChI is InChI=1S/C17H23N3O3S/c1-4-15-12-23-11-10-19(15)24(21,22)17-13(2)18-20(14(17)3)16-8-6-5-7-9-16/h5-9,15H,4,10-12H2,1-3H3/t15-/m0/s1. The third kappa shape index (κ3) is 2.87. The van der Waals surface area contributed by atoms with Gasteiger partial charge >= 0.3 is 0 Å². The molecule has 130 valence electrons. The first-order chi connectivity index (χ1) is 11.5. The quantitative estimate of drug-likeness (QED) is 0.849. The van der Waals surface area contributed by atoms with Gasteiger partial charge in [-0.1, -0.05) is 25.1 Å². The van der Waals surface area contributed by atoms with Gasteiger partial charge < -0.3 is 4.74 Å². The molecule has 1 atom stereocenters. The molecule has 0 saturated carbocycles. The highest BCUT2D eigenvalue weighted by molar-refractivity contribution is 7.89. The molecule has 0 amide bonds. The molecule has 0 radical (unpaired) electrons. The van der Waals surface area contributed by atoms with Crippen molar-refractivity contribution in [3.05, 3.63) is 41.7 Å². The van der Waals surface area contributed by atoms with E-state index in [1.54, 1.807) is 22.8 Å². The summed E-state index contributed by atoms with van der Waals surface area (Å²) in [7, 11) is -3.60. The minimum atomic E-state index is -3.60. The smallest absolute Gasteiger partial charge is 0.247 e. The molecular formula is C17H23N3O3S. The number of nitrogens with zero attached hydrogens (tertiary/aromatic N) is 3. The predicted molar refractivity (Wildman–Crippen MR) is 91.8 cm³/mol. The third-order valence-corrected chi connectivity index (χ3v) is 6.64. The second-order valence-electron chi connectivity index (χ2n) is 6.00. The van der Waals surface area contributed by atoms with E-state index in [0.717, 1.165) is 12.1 Å². The topological polar surface area (TPSA) is 64.4 Å². The van der Waals surface area contributed by atoms with Gasteiger partial charge in [-0.3, -0.25) is 0 Å². The summed E-state index contributed by atoms with van der Waals surface area (Å²) < 4.78 is 35.2. The lowest BCUT2D eigenvalue weighted by Crippen LogP contribution is -2.48. The van der Waals surface area contributed by atoms with Crippen molar-refractivity contribution >= 4 is 10.0 Å². The van der Waals surface area contributed by atoms with Gasteiger partial charge in [0, 0.05) is 12.6 Å². The van der Waals surface area contributed by atoms with Crippen LogP contribution >= 0.6 is 0 Å². The van der Waals surface area contributed by atoms with Gasteiger partial charge in [0.15, 0.2) is 0 Å². The van der Waals surface area contributed by atoms with Crippen molar-refractivity contribution in [3.8, 4) is 5.69 Å². The van der Waals surface area contributed by atoms with Crippen LogP contribution in [-0.4, -0.2) is 48.3 Å². The maximum absolute atomic E-state index is 13.3. The monoisotopic (exact) mass is 349 g/mol. The van der Waals surface area contributed by atoms with Crippen LogP contribution in [0.3, 0.4) is 0 Å². The van der Waals surface area contributed by atoms with Crippen molar-refractivity contribution in [3.63, 3.8) is 0 Å². The molecule has 0 spiro atoms. The van der Waals surface area contributed by atoms with E-state index >= 15 is 0 Å². The van der Waals surface area contributed by atoms with Gasteiger partial charge in [0.2, 0.25) is 10.0 Å². The zero-order valence-corrected chi connectivity index (χ0v) is 15.1. The summed E-state index contributed by atoms with van der Waals surface area (Å²) in [5.74, 6) is 0. The van der Waals surface area contributed by atoms with E-state index in [1.165, 1.54) is 0 Å². The van der Waals surface area contributed by atoms with Crippen LogP contribution in [0.2, 0.25) is 0 Å². The highest BCUT2D eigenvalue weighted by Gasteiger charge is 2.36. The number of para-hydroxylation sites is 1. The Morgan fingerprint density at radius 1 is 1.25 bits per heavy atom. The van der Waals surface area contributed by atoms with E-state index in [2.05, 4.69) is 5.10 Å². The Balaban J connectivity index is 2.07. The average molecular weight is 349 g/mol. The average Bonchev–Trinajstić information content (AvgIpc) is 2.90. The molecule has 3 rings (SSSR count). The molecule has 1 fully saturated rings. The van der Waals surface area contributed by atoms with E-state index in [9.17, 15) is 8.42 Å². The molecule has 1 aliphatic rings. The van der Waals surface area contributed by atoms with Gasteiger partial charge in [-0.05, 0) is 32.4 Å². The lowest BCUT2D eigenvalue weighted by molar-refractivity contribution is 0.0314. The van der Waals surface area contributed by atoms with Crippen LogP contribution in [0, 0.1) is 13.8 Å². The first-order valence-corrected chi connectivity index (χ1v) is 9.62. The molecule has 0 N–H and O–H groups in total. The SMILES string of the molecule is CC[C@H]1COCCN1S(=O)(=O)c1c(C)nn(-c2ccccc2)c1C. The van der Waals surface area contributed by atoms with Crippen LogP contribution in [-0.2, 0) is 14.8 Å². The highest BCUT2D eigenvalue weighted by atomic mass is 32.2. The molecule has 0 unspecified atom stereocenters. The number of benzene rings is 1. The van der Waals surface area contributed by atoms with Gasteiger partial charge in [0.25, 0.3) is 0 Å². The molecule has 0 aliphatic carbocycles. The molecular weight excluding hydrogens is 326 g/mol. The van der Waals surface area contributed by atoms with Crippen molar-refractivity contribution in [2.75, 3.05) is 19.8 Å². The van der Waals surface area contributed by atoms with Crippen LogP contribution in [0.25, 0.3) is 5.69 Å². The molecule has 24 heavy (non-hydrogen) atoms. The summed E-state index contributed by atoms with van der Waals surface area (Å²) in [6, 6.07) is 9.46. The van der Waals surface area contributed by atoms with E-state index in [-0.39, 0.29) is 6.04 Å². The second kappa shape index (κ2) is 6.66. The van der Waals surface area contributed by atoms with Crippen molar-refractivity contribution in [2.24, 2.45) is 0 Å². The maximum Gasteiger partial charge on any atom is 0.247 e. The Morgan fingerprint density at radius 3 is 2.62 bits per heavy atom. The number of hydrogen-bond donors (Lipinski definition) is 0. The molecule has 0 bridgehead atoms. The summed E-state index contributed by atoms with van der Waals surface area (Å²) in [5.41, 5.74) is 2.02. The normalized spacial score (nSPS) is 19.5. The van der Waals surface area contributed by atoms with E-state index in [1.807, 2.05) is 37.3 Å². The van der Waals surface area contributed by atoms with Crippen LogP contribution in [0.4, 0.5) is 0 Å². The Hall–Kier alpha value is -1.70. The molecule has 2 aromatic rings. The number of sulfonamides is 1. The molecule has 1 saturated heterocycles. The predicted octanol–water partition coefficient (Wildman–Crippen LogP) is 2.29. The fourth-order valence-electron chi connectivity index (χ4n) is 3.22. The Morgan fingerprint density at radius 2 is 1.96 bits per heavy atom. The molecule has 7 heteroatoms. The molecule has 2 heterocycles. The maximum atomic E-state index is 13.3. The minimum Gasteiger partial charge on any atom is -0.378 e. The van der Waals surface area contributed by atoms with Gasteiger partial charge in [-0.25, -0.2) is 13.1 Å². The highest BCUT2D eigenvalue weighted by Crippen LogP contribution is 2.28. The number of aromatic nitrogens is 2. The fraction of sp³-hybridized carbons (Fsp3) is 0.471. The summed E-state index contributed by atoms with van der Waals surface area (Å²) in [4.78, 5) is 0.312. The zero-order valence-electron chi connectivity index (χ0n) is 14.3. The minimum absolute atomic E-state index is 0.123. The lowest BCUT2D eigenvalue weighted by atomic mass is 10.2. The zero-order chi connectivity index (χ0) is 17.3. The van der Waals surface area contributed by atoms with Crippen molar-refractivity contribution < 1.29 is 13.2 Å². The van der Waals surface area contributed by atoms with E-state index < -0.39 is 10.0 Å². The first-order valence-electron chi connectivity index (χ1n) is 8.18. The van der Waals surface area contributed by atoms with Gasteiger partial charge in [0.1, 0.15) is 4.90 Å². The van der Waals surface area contributed by atoms with E-state index in [0.29, 0.717) is 36.0 Å². The largest absolute Gasteiger partial charge is 0.378 e. The second-order valence-corrected chi connectivity index (χ2v) is 7.83. The van der Waals surface area contributed by atoms with E-state index in [4.69, 9.17) is 4.74 Å².